The molecule has 0 amide bonds. The van der Waals surface area contributed by atoms with Gasteiger partial charge in [0, 0.05) is 11.8 Å². The summed E-state index contributed by atoms with van der Waals surface area (Å²) in [4.78, 5) is 4.34. The highest BCUT2D eigenvalue weighted by Gasteiger charge is 2.00. The van der Waals surface area contributed by atoms with E-state index in [9.17, 15) is 0 Å². The van der Waals surface area contributed by atoms with Gasteiger partial charge in [0.05, 0.1) is 5.69 Å². The second-order valence-corrected chi connectivity index (χ2v) is 4.58. The molecule has 2 heteroatoms. The summed E-state index contributed by atoms with van der Waals surface area (Å²) < 4.78 is 0. The molecule has 0 fully saturated rings. The Morgan fingerprint density at radius 3 is 2.24 bits per heavy atom. The first-order valence-corrected chi connectivity index (χ1v) is 6.42. The van der Waals surface area contributed by atoms with E-state index in [1.807, 2.05) is 24.4 Å². The Labute approximate surface area is 104 Å². The molecule has 2 heterocycles. The maximum atomic E-state index is 4.34. The minimum atomic E-state index is 1.02. The number of pyridine rings is 1. The lowest BCUT2D eigenvalue weighted by atomic mass is 10.1. The summed E-state index contributed by atoms with van der Waals surface area (Å²) >= 11 is 1.72. The van der Waals surface area contributed by atoms with E-state index in [1.54, 1.807) is 11.3 Å². The fourth-order valence-electron chi connectivity index (χ4n) is 1.80. The molecule has 0 radical (unpaired) electrons. The van der Waals surface area contributed by atoms with Crippen molar-refractivity contribution in [3.63, 3.8) is 0 Å². The van der Waals surface area contributed by atoms with Gasteiger partial charge >= 0.3 is 0 Å². The molecule has 0 saturated carbocycles. The van der Waals surface area contributed by atoms with Crippen LogP contribution in [0.3, 0.4) is 0 Å². The lowest BCUT2D eigenvalue weighted by Gasteiger charge is -2.02. The summed E-state index contributed by atoms with van der Waals surface area (Å²) in [6.45, 7) is 0. The zero-order chi connectivity index (χ0) is 11.5. The zero-order valence-electron chi connectivity index (χ0n) is 9.21. The Bertz CT molecular complexity index is 583. The highest BCUT2D eigenvalue weighted by molar-refractivity contribution is 7.08. The van der Waals surface area contributed by atoms with E-state index >= 15 is 0 Å². The lowest BCUT2D eigenvalue weighted by molar-refractivity contribution is 1.33. The van der Waals surface area contributed by atoms with Crippen molar-refractivity contribution in [3.05, 3.63) is 65.5 Å². The first-order chi connectivity index (χ1) is 8.43. The predicted molar refractivity (Wildman–Crippen MR) is 73.0 cm³/mol. The molecule has 1 aromatic carbocycles. The summed E-state index contributed by atoms with van der Waals surface area (Å²) in [6, 6.07) is 16.6. The SMILES string of the molecule is c1ccc(-c2ccc(-c3ccsc3)cc2)nc1. The van der Waals surface area contributed by atoms with Gasteiger partial charge in [0.1, 0.15) is 0 Å². The second kappa shape index (κ2) is 4.52. The van der Waals surface area contributed by atoms with Crippen LogP contribution >= 0.6 is 11.3 Å². The van der Waals surface area contributed by atoms with E-state index in [4.69, 9.17) is 0 Å². The molecule has 0 saturated heterocycles. The van der Waals surface area contributed by atoms with Crippen molar-refractivity contribution in [1.82, 2.24) is 4.98 Å². The molecule has 82 valence electrons. The van der Waals surface area contributed by atoms with Crippen LogP contribution in [-0.4, -0.2) is 4.98 Å². The molecule has 0 bridgehead atoms. The van der Waals surface area contributed by atoms with Gasteiger partial charge in [0.2, 0.25) is 0 Å². The van der Waals surface area contributed by atoms with Crippen LogP contribution in [0.25, 0.3) is 22.4 Å². The van der Waals surface area contributed by atoms with Crippen molar-refractivity contribution in [3.8, 4) is 22.4 Å². The minimum absolute atomic E-state index is 1.02. The number of nitrogens with zero attached hydrogens (tertiary/aromatic N) is 1. The van der Waals surface area contributed by atoms with Gasteiger partial charge < -0.3 is 0 Å². The maximum absolute atomic E-state index is 4.34. The number of benzene rings is 1. The molecule has 0 spiro atoms. The molecular weight excluding hydrogens is 226 g/mol. The van der Waals surface area contributed by atoms with Crippen molar-refractivity contribution in [2.45, 2.75) is 0 Å². The minimum Gasteiger partial charge on any atom is -0.256 e. The van der Waals surface area contributed by atoms with Crippen molar-refractivity contribution in [2.75, 3.05) is 0 Å². The van der Waals surface area contributed by atoms with E-state index in [2.05, 4.69) is 46.1 Å². The van der Waals surface area contributed by atoms with Crippen LogP contribution in [0.2, 0.25) is 0 Å². The molecule has 0 atom stereocenters. The predicted octanol–water partition coefficient (Wildman–Crippen LogP) is 4.48. The van der Waals surface area contributed by atoms with Gasteiger partial charge in [-0.05, 0) is 40.1 Å². The van der Waals surface area contributed by atoms with E-state index in [0.717, 1.165) is 11.3 Å². The van der Waals surface area contributed by atoms with Gasteiger partial charge in [0.25, 0.3) is 0 Å². The quantitative estimate of drug-likeness (QED) is 0.640. The van der Waals surface area contributed by atoms with Gasteiger partial charge in [-0.1, -0.05) is 30.3 Å². The Balaban J connectivity index is 1.96. The Morgan fingerprint density at radius 1 is 0.765 bits per heavy atom. The second-order valence-electron chi connectivity index (χ2n) is 3.80. The third-order valence-electron chi connectivity index (χ3n) is 2.70. The number of thiophene rings is 1. The van der Waals surface area contributed by atoms with Crippen LogP contribution in [0.1, 0.15) is 0 Å². The van der Waals surface area contributed by atoms with Crippen molar-refractivity contribution in [2.24, 2.45) is 0 Å². The van der Waals surface area contributed by atoms with Crippen molar-refractivity contribution >= 4 is 11.3 Å². The van der Waals surface area contributed by atoms with Gasteiger partial charge in [0.15, 0.2) is 0 Å². The fourth-order valence-corrected chi connectivity index (χ4v) is 2.46. The largest absolute Gasteiger partial charge is 0.256 e. The Hall–Kier alpha value is -1.93. The smallest absolute Gasteiger partial charge is 0.0701 e. The molecule has 3 rings (SSSR count). The molecule has 17 heavy (non-hydrogen) atoms. The van der Waals surface area contributed by atoms with Crippen LogP contribution in [0.5, 0.6) is 0 Å². The molecule has 3 aromatic rings. The van der Waals surface area contributed by atoms with Gasteiger partial charge in [-0.25, -0.2) is 0 Å². The van der Waals surface area contributed by atoms with Gasteiger partial charge in [-0.3, -0.25) is 4.98 Å². The Morgan fingerprint density at radius 2 is 1.59 bits per heavy atom. The molecule has 0 aliphatic carbocycles. The van der Waals surface area contributed by atoms with E-state index in [0.29, 0.717) is 0 Å². The highest BCUT2D eigenvalue weighted by atomic mass is 32.1. The number of hydrogen-bond acceptors (Lipinski definition) is 2. The third-order valence-corrected chi connectivity index (χ3v) is 3.38. The van der Waals surface area contributed by atoms with Crippen molar-refractivity contribution in [1.29, 1.82) is 0 Å². The first-order valence-electron chi connectivity index (χ1n) is 5.47. The van der Waals surface area contributed by atoms with Crippen LogP contribution in [-0.2, 0) is 0 Å². The summed E-state index contributed by atoms with van der Waals surface area (Å²) in [6.07, 6.45) is 1.82. The Kier molecular flexibility index (Phi) is 2.72. The van der Waals surface area contributed by atoms with Crippen LogP contribution < -0.4 is 0 Å². The molecule has 0 N–H and O–H groups in total. The summed E-state index contributed by atoms with van der Waals surface area (Å²) in [5, 5.41) is 4.26. The monoisotopic (exact) mass is 237 g/mol. The molecule has 0 aliphatic heterocycles. The first kappa shape index (κ1) is 10.2. The van der Waals surface area contributed by atoms with Crippen LogP contribution in [0.4, 0.5) is 0 Å². The van der Waals surface area contributed by atoms with Gasteiger partial charge in [-0.15, -0.1) is 0 Å². The van der Waals surface area contributed by atoms with Crippen LogP contribution in [0.15, 0.2) is 65.5 Å². The lowest BCUT2D eigenvalue weighted by Crippen LogP contribution is -1.81. The summed E-state index contributed by atoms with van der Waals surface area (Å²) in [5.41, 5.74) is 4.71. The molecule has 0 aliphatic rings. The standard InChI is InChI=1S/C15H11NS/c1-2-9-16-15(3-1)13-6-4-12(5-7-13)14-8-10-17-11-14/h1-11H. The molecule has 2 aromatic heterocycles. The fraction of sp³-hybridized carbons (Fsp3) is 0. The van der Waals surface area contributed by atoms with E-state index in [1.165, 1.54) is 11.1 Å². The summed E-state index contributed by atoms with van der Waals surface area (Å²) in [5.74, 6) is 0. The number of aromatic nitrogens is 1. The topological polar surface area (TPSA) is 12.9 Å². The summed E-state index contributed by atoms with van der Waals surface area (Å²) in [7, 11) is 0. The molecule has 0 unspecified atom stereocenters. The average molecular weight is 237 g/mol. The average Bonchev–Trinajstić information content (AvgIpc) is 2.94. The van der Waals surface area contributed by atoms with E-state index < -0.39 is 0 Å². The molecular formula is C15H11NS. The maximum Gasteiger partial charge on any atom is 0.0701 e. The third kappa shape index (κ3) is 2.12. The molecule has 1 nitrogen and oxygen atoms in total. The highest BCUT2D eigenvalue weighted by Crippen LogP contribution is 2.25. The van der Waals surface area contributed by atoms with Crippen molar-refractivity contribution < 1.29 is 0 Å². The van der Waals surface area contributed by atoms with Gasteiger partial charge in [-0.2, -0.15) is 11.3 Å². The normalized spacial score (nSPS) is 10.4. The van der Waals surface area contributed by atoms with Crippen LogP contribution in [0, 0.1) is 0 Å². The number of rotatable bonds is 2. The van der Waals surface area contributed by atoms with E-state index in [-0.39, 0.29) is 0 Å². The zero-order valence-corrected chi connectivity index (χ0v) is 10.0. The number of hydrogen-bond donors (Lipinski definition) is 0.